The molecule has 0 aliphatic heterocycles. The Kier molecular flexibility index (Phi) is 4.84. The fraction of sp³-hybridized carbons (Fsp3) is 0.267. The van der Waals surface area contributed by atoms with Gasteiger partial charge in [0.15, 0.2) is 5.16 Å². The Bertz CT molecular complexity index is 943. The first-order valence-electron chi connectivity index (χ1n) is 7.84. The zero-order valence-corrected chi connectivity index (χ0v) is 15.8. The van der Waals surface area contributed by atoms with Crippen LogP contribution >= 0.6 is 35.0 Å². The topological polar surface area (TPSA) is 107 Å². The van der Waals surface area contributed by atoms with Crippen molar-refractivity contribution in [2.45, 2.75) is 29.8 Å². The third-order valence-electron chi connectivity index (χ3n) is 3.66. The number of nitrogens with zero attached hydrogens (tertiary/aromatic N) is 6. The molecule has 0 spiro atoms. The van der Waals surface area contributed by atoms with Crippen LogP contribution in [0.15, 0.2) is 29.7 Å². The summed E-state index contributed by atoms with van der Waals surface area (Å²) >= 11 is 13.6. The van der Waals surface area contributed by atoms with Gasteiger partial charge in [0.2, 0.25) is 17.8 Å². The number of aromatic nitrogens is 6. The van der Waals surface area contributed by atoms with Crippen molar-refractivity contribution in [2.24, 2.45) is 0 Å². The van der Waals surface area contributed by atoms with Crippen LogP contribution in [-0.4, -0.2) is 35.8 Å². The fourth-order valence-electron chi connectivity index (χ4n) is 2.20. The number of hydrogen-bond donors (Lipinski definition) is 2. The summed E-state index contributed by atoms with van der Waals surface area (Å²) in [6, 6.07) is 5.81. The van der Waals surface area contributed by atoms with Gasteiger partial charge in [-0.05, 0) is 30.5 Å². The lowest BCUT2D eigenvalue weighted by Crippen LogP contribution is -2.12. The number of nitrogen functional groups attached to an aromatic ring is 1. The summed E-state index contributed by atoms with van der Waals surface area (Å²) in [4.78, 5) is 12.7. The Morgan fingerprint density at radius 2 is 2.08 bits per heavy atom. The van der Waals surface area contributed by atoms with E-state index in [1.54, 1.807) is 23.0 Å². The fourth-order valence-corrected chi connectivity index (χ4v) is 3.67. The SMILES string of the molecule is Nc1nc(NC2CC2)nc(-n2cnnc2SCc2ccc(Cl)cc2Cl)n1. The molecule has 26 heavy (non-hydrogen) atoms. The second kappa shape index (κ2) is 7.26. The van der Waals surface area contributed by atoms with E-state index in [1.807, 2.05) is 6.07 Å². The molecule has 1 fully saturated rings. The zero-order chi connectivity index (χ0) is 18.1. The smallest absolute Gasteiger partial charge is 0.243 e. The summed E-state index contributed by atoms with van der Waals surface area (Å²) < 4.78 is 1.67. The first-order valence-corrected chi connectivity index (χ1v) is 9.58. The summed E-state index contributed by atoms with van der Waals surface area (Å²) in [5.74, 6) is 1.57. The van der Waals surface area contributed by atoms with Crippen LogP contribution < -0.4 is 11.1 Å². The van der Waals surface area contributed by atoms with Crippen LogP contribution in [0.3, 0.4) is 0 Å². The summed E-state index contributed by atoms with van der Waals surface area (Å²) in [6.45, 7) is 0. The van der Waals surface area contributed by atoms with E-state index < -0.39 is 0 Å². The van der Waals surface area contributed by atoms with Gasteiger partial charge in [0, 0.05) is 21.8 Å². The Labute approximate surface area is 163 Å². The van der Waals surface area contributed by atoms with Crippen molar-refractivity contribution in [3.05, 3.63) is 40.1 Å². The van der Waals surface area contributed by atoms with Crippen LogP contribution in [-0.2, 0) is 5.75 Å². The van der Waals surface area contributed by atoms with E-state index in [2.05, 4.69) is 30.5 Å². The second-order valence-electron chi connectivity index (χ2n) is 5.74. The van der Waals surface area contributed by atoms with Crippen LogP contribution in [0.4, 0.5) is 11.9 Å². The minimum absolute atomic E-state index is 0.142. The van der Waals surface area contributed by atoms with Gasteiger partial charge in [0.05, 0.1) is 0 Å². The predicted molar refractivity (Wildman–Crippen MR) is 102 cm³/mol. The molecule has 134 valence electrons. The number of nitrogens with two attached hydrogens (primary N) is 1. The molecule has 0 atom stereocenters. The van der Waals surface area contributed by atoms with Crippen LogP contribution in [0.2, 0.25) is 10.0 Å². The minimum Gasteiger partial charge on any atom is -0.368 e. The third kappa shape index (κ3) is 4.00. The highest BCUT2D eigenvalue weighted by Crippen LogP contribution is 2.29. The Hall–Kier alpha value is -2.10. The maximum Gasteiger partial charge on any atom is 0.243 e. The van der Waals surface area contributed by atoms with E-state index in [9.17, 15) is 0 Å². The Balaban J connectivity index is 1.55. The van der Waals surface area contributed by atoms with Crippen LogP contribution in [0, 0.1) is 0 Å². The highest BCUT2D eigenvalue weighted by atomic mass is 35.5. The first kappa shape index (κ1) is 17.3. The van der Waals surface area contributed by atoms with Crippen molar-refractivity contribution < 1.29 is 0 Å². The van der Waals surface area contributed by atoms with Crippen molar-refractivity contribution >= 4 is 46.9 Å². The molecular formula is C15H14Cl2N8S. The average Bonchev–Trinajstić information content (AvgIpc) is 3.27. The van der Waals surface area contributed by atoms with E-state index in [-0.39, 0.29) is 5.95 Å². The first-order chi connectivity index (χ1) is 12.6. The molecule has 2 aromatic heterocycles. The van der Waals surface area contributed by atoms with Crippen molar-refractivity contribution in [3.8, 4) is 5.95 Å². The van der Waals surface area contributed by atoms with Crippen molar-refractivity contribution in [1.29, 1.82) is 0 Å². The molecule has 3 aromatic rings. The monoisotopic (exact) mass is 408 g/mol. The van der Waals surface area contributed by atoms with Crippen molar-refractivity contribution in [2.75, 3.05) is 11.1 Å². The molecule has 0 saturated heterocycles. The molecule has 1 aliphatic carbocycles. The highest BCUT2D eigenvalue weighted by molar-refractivity contribution is 7.98. The number of thioether (sulfide) groups is 1. The number of benzene rings is 1. The predicted octanol–water partition coefficient (Wildman–Crippen LogP) is 3.21. The van der Waals surface area contributed by atoms with Crippen LogP contribution in [0.25, 0.3) is 5.95 Å². The summed E-state index contributed by atoms with van der Waals surface area (Å²) in [7, 11) is 0. The maximum absolute atomic E-state index is 6.22. The van der Waals surface area contributed by atoms with Gasteiger partial charge in [-0.1, -0.05) is 41.0 Å². The normalized spacial score (nSPS) is 13.8. The quantitative estimate of drug-likeness (QED) is 0.598. The number of rotatable bonds is 6. The van der Waals surface area contributed by atoms with E-state index in [0.29, 0.717) is 38.9 Å². The molecule has 0 radical (unpaired) electrons. The maximum atomic E-state index is 6.22. The van der Waals surface area contributed by atoms with Gasteiger partial charge in [-0.15, -0.1) is 10.2 Å². The number of halogens is 2. The molecule has 2 heterocycles. The number of hydrogen-bond acceptors (Lipinski definition) is 8. The average molecular weight is 409 g/mol. The summed E-state index contributed by atoms with van der Waals surface area (Å²) in [5, 5.41) is 13.1. The van der Waals surface area contributed by atoms with Gasteiger partial charge in [-0.25, -0.2) is 4.57 Å². The Morgan fingerprint density at radius 1 is 1.23 bits per heavy atom. The highest BCUT2D eigenvalue weighted by Gasteiger charge is 2.23. The lowest BCUT2D eigenvalue weighted by molar-refractivity contribution is 0.812. The molecule has 3 N–H and O–H groups in total. The molecular weight excluding hydrogens is 395 g/mol. The molecule has 1 aromatic carbocycles. The van der Waals surface area contributed by atoms with E-state index in [1.165, 1.54) is 11.8 Å². The van der Waals surface area contributed by atoms with Gasteiger partial charge in [0.1, 0.15) is 6.33 Å². The number of nitrogens with one attached hydrogen (secondary N) is 1. The van der Waals surface area contributed by atoms with E-state index in [4.69, 9.17) is 28.9 Å². The molecule has 1 saturated carbocycles. The van der Waals surface area contributed by atoms with Gasteiger partial charge < -0.3 is 11.1 Å². The van der Waals surface area contributed by atoms with Gasteiger partial charge in [0.25, 0.3) is 0 Å². The molecule has 0 amide bonds. The zero-order valence-electron chi connectivity index (χ0n) is 13.4. The van der Waals surface area contributed by atoms with Crippen LogP contribution in [0.1, 0.15) is 18.4 Å². The van der Waals surface area contributed by atoms with Gasteiger partial charge in [-0.3, -0.25) is 0 Å². The Morgan fingerprint density at radius 3 is 2.85 bits per heavy atom. The van der Waals surface area contributed by atoms with E-state index >= 15 is 0 Å². The molecule has 11 heteroatoms. The molecule has 0 bridgehead atoms. The van der Waals surface area contributed by atoms with E-state index in [0.717, 1.165) is 18.4 Å². The third-order valence-corrected chi connectivity index (χ3v) is 5.23. The van der Waals surface area contributed by atoms with Gasteiger partial charge >= 0.3 is 0 Å². The lowest BCUT2D eigenvalue weighted by atomic mass is 10.2. The van der Waals surface area contributed by atoms with Crippen molar-refractivity contribution in [3.63, 3.8) is 0 Å². The standard InChI is InChI=1S/C15H14Cl2N8S/c16-9-2-1-8(11(17)5-9)6-26-15-24-19-7-25(15)14-22-12(18)21-13(23-14)20-10-3-4-10/h1-2,5,7,10H,3-4,6H2,(H3,18,20,21,22,23). The minimum atomic E-state index is 0.142. The second-order valence-corrected chi connectivity index (χ2v) is 7.53. The lowest BCUT2D eigenvalue weighted by Gasteiger charge is -2.08. The summed E-state index contributed by atoms with van der Waals surface area (Å²) in [6.07, 6.45) is 3.76. The molecule has 0 unspecified atom stereocenters. The number of anilines is 2. The molecule has 4 rings (SSSR count). The molecule has 8 nitrogen and oxygen atoms in total. The van der Waals surface area contributed by atoms with Crippen LogP contribution in [0.5, 0.6) is 0 Å². The summed E-state index contributed by atoms with van der Waals surface area (Å²) in [5.41, 5.74) is 6.76. The molecule has 1 aliphatic rings. The van der Waals surface area contributed by atoms with Crippen molar-refractivity contribution in [1.82, 2.24) is 29.7 Å². The largest absolute Gasteiger partial charge is 0.368 e. The van der Waals surface area contributed by atoms with Gasteiger partial charge in [-0.2, -0.15) is 15.0 Å².